The molecule has 2 heterocycles. The van der Waals surface area contributed by atoms with Crippen molar-refractivity contribution in [3.8, 4) is 17.6 Å². The molecule has 2 amide bonds. The van der Waals surface area contributed by atoms with Crippen molar-refractivity contribution in [1.29, 1.82) is 0 Å². The van der Waals surface area contributed by atoms with Crippen LogP contribution < -0.4 is 15.0 Å². The molecule has 0 saturated heterocycles. The summed E-state index contributed by atoms with van der Waals surface area (Å²) in [4.78, 5) is 31.6. The van der Waals surface area contributed by atoms with E-state index in [1.807, 2.05) is 31.2 Å². The number of nitrogens with zero attached hydrogens (tertiary/aromatic N) is 3. The third-order valence-corrected chi connectivity index (χ3v) is 5.53. The maximum Gasteiger partial charge on any atom is 0.291 e. The van der Waals surface area contributed by atoms with Gasteiger partial charge in [0, 0.05) is 19.0 Å². The number of aryl methyl sites for hydroxylation is 1. The number of ether oxygens (including phenoxy) is 1. The van der Waals surface area contributed by atoms with E-state index < -0.39 is 17.6 Å². The Morgan fingerprint density at radius 2 is 2.09 bits per heavy atom. The largest absolute Gasteiger partial charge is 0.489 e. The van der Waals surface area contributed by atoms with E-state index in [1.165, 1.54) is 4.90 Å². The summed E-state index contributed by atoms with van der Waals surface area (Å²) in [6.07, 6.45) is 0.509. The van der Waals surface area contributed by atoms with Crippen LogP contribution in [-0.2, 0) is 11.2 Å². The summed E-state index contributed by atoms with van der Waals surface area (Å²) in [6, 6.07) is 12.2. The minimum Gasteiger partial charge on any atom is -0.489 e. The second-order valence-corrected chi connectivity index (χ2v) is 8.93. The molecule has 1 aromatic heterocycles. The first kappa shape index (κ1) is 24.0. The van der Waals surface area contributed by atoms with Gasteiger partial charge in [-0.25, -0.2) is 4.98 Å². The van der Waals surface area contributed by atoms with Crippen LogP contribution in [-0.4, -0.2) is 57.4 Å². The van der Waals surface area contributed by atoms with E-state index in [4.69, 9.17) is 4.74 Å². The first-order chi connectivity index (χ1) is 16.6. The van der Waals surface area contributed by atoms with Crippen LogP contribution in [0.1, 0.15) is 47.0 Å². The Balaban J connectivity index is 1.46. The molecule has 1 atom stereocenters. The standard InChI is InChI=1S/C26H27N5O4/c1-16-7-5-6-8-18(16)14-22-28-23(30-29-22)24(32)27-19-15-35-21-10-9-17(11-12-26(2,3)34)13-20(21)31(4)25(19)33/h5-10,13,19,34H,14-15H2,1-4H3,(H,27,32)(H,28,29,30)/t19-/m0/s1. The van der Waals surface area contributed by atoms with Crippen molar-refractivity contribution < 1.29 is 19.4 Å². The van der Waals surface area contributed by atoms with E-state index in [1.54, 1.807) is 39.1 Å². The fourth-order valence-corrected chi connectivity index (χ4v) is 3.59. The Morgan fingerprint density at radius 3 is 2.83 bits per heavy atom. The van der Waals surface area contributed by atoms with Crippen LogP contribution in [0.15, 0.2) is 42.5 Å². The van der Waals surface area contributed by atoms with Crippen LogP contribution in [0.3, 0.4) is 0 Å². The molecule has 3 aromatic rings. The topological polar surface area (TPSA) is 120 Å². The maximum atomic E-state index is 13.1. The Bertz CT molecular complexity index is 1330. The molecular weight excluding hydrogens is 446 g/mol. The number of fused-ring (bicyclic) bond motifs is 1. The molecule has 0 unspecified atom stereocenters. The van der Waals surface area contributed by atoms with Crippen LogP contribution in [0.2, 0.25) is 0 Å². The highest BCUT2D eigenvalue weighted by atomic mass is 16.5. The van der Waals surface area contributed by atoms with Crippen molar-refractivity contribution in [1.82, 2.24) is 20.5 Å². The smallest absolute Gasteiger partial charge is 0.291 e. The SMILES string of the molecule is Cc1ccccc1Cc1nc(C(=O)N[C@H]2COc3ccc(C#CC(C)(C)O)cc3N(C)C2=O)n[nH]1. The Morgan fingerprint density at radius 1 is 1.31 bits per heavy atom. The van der Waals surface area contributed by atoms with E-state index in [-0.39, 0.29) is 18.3 Å². The quantitative estimate of drug-likeness (QED) is 0.499. The lowest BCUT2D eigenvalue weighted by Crippen LogP contribution is -2.49. The molecule has 3 N–H and O–H groups in total. The molecule has 0 radical (unpaired) electrons. The maximum absolute atomic E-state index is 13.1. The molecule has 2 aromatic carbocycles. The summed E-state index contributed by atoms with van der Waals surface area (Å²) in [5.41, 5.74) is 2.20. The van der Waals surface area contributed by atoms with Crippen LogP contribution in [0.4, 0.5) is 5.69 Å². The molecular formula is C26H27N5O4. The summed E-state index contributed by atoms with van der Waals surface area (Å²) in [5, 5.41) is 19.3. The Hall–Kier alpha value is -4.16. The number of carbonyl (C=O) groups is 2. The van der Waals surface area contributed by atoms with E-state index in [2.05, 4.69) is 32.3 Å². The number of hydrogen-bond donors (Lipinski definition) is 3. The Kier molecular flexibility index (Phi) is 6.58. The fourth-order valence-electron chi connectivity index (χ4n) is 3.59. The van der Waals surface area contributed by atoms with Crippen molar-refractivity contribution in [3.63, 3.8) is 0 Å². The van der Waals surface area contributed by atoms with Gasteiger partial charge in [0.05, 0.1) is 5.69 Å². The van der Waals surface area contributed by atoms with Crippen molar-refractivity contribution in [2.45, 2.75) is 38.8 Å². The van der Waals surface area contributed by atoms with E-state index in [0.717, 1.165) is 11.1 Å². The summed E-state index contributed by atoms with van der Waals surface area (Å²) >= 11 is 0. The van der Waals surface area contributed by atoms with Crippen LogP contribution in [0, 0.1) is 18.8 Å². The molecule has 1 aliphatic heterocycles. The fraction of sp³-hybridized carbons (Fsp3) is 0.308. The van der Waals surface area contributed by atoms with Crippen molar-refractivity contribution in [2.75, 3.05) is 18.6 Å². The first-order valence-corrected chi connectivity index (χ1v) is 11.2. The average molecular weight is 474 g/mol. The number of aliphatic hydroxyl groups is 1. The molecule has 180 valence electrons. The molecule has 4 rings (SSSR count). The van der Waals surface area contributed by atoms with Gasteiger partial charge >= 0.3 is 0 Å². The lowest BCUT2D eigenvalue weighted by atomic mass is 10.1. The van der Waals surface area contributed by atoms with Gasteiger partial charge in [-0.1, -0.05) is 36.1 Å². The van der Waals surface area contributed by atoms with Crippen LogP contribution in [0.5, 0.6) is 5.75 Å². The molecule has 0 saturated carbocycles. The third kappa shape index (κ3) is 5.67. The van der Waals surface area contributed by atoms with Gasteiger partial charge in [0.2, 0.25) is 5.82 Å². The zero-order valence-corrected chi connectivity index (χ0v) is 20.0. The number of nitrogens with one attached hydrogen (secondary N) is 2. The summed E-state index contributed by atoms with van der Waals surface area (Å²) in [7, 11) is 1.61. The molecule has 0 bridgehead atoms. The molecule has 9 heteroatoms. The number of carbonyl (C=O) groups excluding carboxylic acids is 2. The van der Waals surface area contributed by atoms with Crippen LogP contribution >= 0.6 is 0 Å². The molecule has 0 aliphatic carbocycles. The first-order valence-electron chi connectivity index (χ1n) is 11.2. The predicted octanol–water partition coefficient (Wildman–Crippen LogP) is 1.98. The number of likely N-dealkylation sites (N-methyl/N-ethyl adjacent to an activating group) is 1. The van der Waals surface area contributed by atoms with Gasteiger partial charge in [-0.15, -0.1) is 5.10 Å². The van der Waals surface area contributed by atoms with Gasteiger partial charge in [0.15, 0.2) is 0 Å². The van der Waals surface area contributed by atoms with Gasteiger partial charge < -0.3 is 20.1 Å². The summed E-state index contributed by atoms with van der Waals surface area (Å²) < 4.78 is 5.81. The molecule has 1 aliphatic rings. The molecule has 0 spiro atoms. The number of hydrogen-bond acceptors (Lipinski definition) is 6. The van der Waals surface area contributed by atoms with Crippen molar-refractivity contribution in [2.24, 2.45) is 0 Å². The van der Waals surface area contributed by atoms with Crippen LogP contribution in [0.25, 0.3) is 0 Å². The number of benzene rings is 2. The molecule has 35 heavy (non-hydrogen) atoms. The minimum atomic E-state index is -1.14. The highest BCUT2D eigenvalue weighted by Gasteiger charge is 2.31. The van der Waals surface area contributed by atoms with E-state index >= 15 is 0 Å². The second-order valence-electron chi connectivity index (χ2n) is 8.93. The van der Waals surface area contributed by atoms with Gasteiger partial charge in [0.1, 0.15) is 29.8 Å². The summed E-state index contributed by atoms with van der Waals surface area (Å²) in [5.74, 6) is 5.72. The normalized spacial score (nSPS) is 15.4. The lowest BCUT2D eigenvalue weighted by Gasteiger charge is -2.20. The minimum absolute atomic E-state index is 0.0445. The molecule has 9 nitrogen and oxygen atoms in total. The zero-order chi connectivity index (χ0) is 25.2. The predicted molar refractivity (Wildman–Crippen MR) is 130 cm³/mol. The number of aromatic nitrogens is 3. The summed E-state index contributed by atoms with van der Waals surface area (Å²) in [6.45, 7) is 5.15. The zero-order valence-electron chi connectivity index (χ0n) is 20.0. The van der Waals surface area contributed by atoms with Gasteiger partial charge in [-0.05, 0) is 50.1 Å². The Labute approximate surface area is 203 Å². The highest BCUT2D eigenvalue weighted by molar-refractivity contribution is 6.02. The number of rotatable bonds is 4. The van der Waals surface area contributed by atoms with Gasteiger partial charge in [0.25, 0.3) is 11.8 Å². The highest BCUT2D eigenvalue weighted by Crippen LogP contribution is 2.31. The van der Waals surface area contributed by atoms with Crippen molar-refractivity contribution in [3.05, 3.63) is 70.8 Å². The van der Waals surface area contributed by atoms with E-state index in [9.17, 15) is 14.7 Å². The number of amides is 2. The number of H-pyrrole nitrogens is 1. The average Bonchev–Trinajstić information content (AvgIpc) is 3.25. The number of aromatic amines is 1. The van der Waals surface area contributed by atoms with Gasteiger partial charge in [-0.2, -0.15) is 0 Å². The van der Waals surface area contributed by atoms with E-state index in [0.29, 0.717) is 29.2 Å². The second kappa shape index (κ2) is 9.60. The lowest BCUT2D eigenvalue weighted by molar-refractivity contribution is -0.120. The van der Waals surface area contributed by atoms with Crippen molar-refractivity contribution >= 4 is 17.5 Å². The molecule has 0 fully saturated rings. The third-order valence-electron chi connectivity index (χ3n) is 5.53. The van der Waals surface area contributed by atoms with Gasteiger partial charge in [-0.3, -0.25) is 14.7 Å². The monoisotopic (exact) mass is 473 g/mol. The number of anilines is 1.